The minimum atomic E-state index is 0.101. The maximum atomic E-state index is 12.0. The fraction of sp³-hybridized carbons (Fsp3) is 0.769. The van der Waals surface area contributed by atoms with E-state index in [9.17, 15) is 4.79 Å². The van der Waals surface area contributed by atoms with Gasteiger partial charge in [0.25, 0.3) is 0 Å². The zero-order chi connectivity index (χ0) is 14.4. The standard InChI is InChI=1S/C13H23N5O2/c1-11-9-18(16-15-11)6-4-14-13(19)12-3-5-17(10-12)7-8-20-2/h9,12H,3-8,10H2,1-2H3,(H,14,19). The molecule has 1 amide bonds. The molecule has 1 fully saturated rings. The van der Waals surface area contributed by atoms with E-state index in [0.29, 0.717) is 13.1 Å². The Labute approximate surface area is 119 Å². The molecule has 1 saturated heterocycles. The van der Waals surface area contributed by atoms with E-state index >= 15 is 0 Å². The third-order valence-corrected chi connectivity index (χ3v) is 3.55. The number of amides is 1. The summed E-state index contributed by atoms with van der Waals surface area (Å²) in [6, 6.07) is 0. The largest absolute Gasteiger partial charge is 0.383 e. The van der Waals surface area contributed by atoms with Gasteiger partial charge in [-0.25, -0.2) is 0 Å². The molecule has 7 nitrogen and oxygen atoms in total. The van der Waals surface area contributed by atoms with E-state index in [1.54, 1.807) is 11.8 Å². The molecule has 1 aromatic heterocycles. The first-order chi connectivity index (χ1) is 9.69. The summed E-state index contributed by atoms with van der Waals surface area (Å²) in [4.78, 5) is 14.3. The summed E-state index contributed by atoms with van der Waals surface area (Å²) in [6.45, 7) is 6.58. The number of nitrogens with one attached hydrogen (secondary N) is 1. The van der Waals surface area contributed by atoms with Crippen molar-refractivity contribution in [2.45, 2.75) is 19.9 Å². The van der Waals surface area contributed by atoms with Crippen molar-refractivity contribution in [2.24, 2.45) is 5.92 Å². The van der Waals surface area contributed by atoms with Crippen LogP contribution in [0.2, 0.25) is 0 Å². The number of likely N-dealkylation sites (tertiary alicyclic amines) is 1. The molecule has 1 atom stereocenters. The summed E-state index contributed by atoms with van der Waals surface area (Å²) in [6.07, 6.45) is 2.80. The van der Waals surface area contributed by atoms with Crippen LogP contribution in [0.1, 0.15) is 12.1 Å². The fourth-order valence-electron chi connectivity index (χ4n) is 2.41. The summed E-state index contributed by atoms with van der Waals surface area (Å²) in [5.74, 6) is 0.242. The first-order valence-corrected chi connectivity index (χ1v) is 7.05. The Balaban J connectivity index is 1.65. The van der Waals surface area contributed by atoms with Gasteiger partial charge in [-0.1, -0.05) is 5.21 Å². The summed E-state index contributed by atoms with van der Waals surface area (Å²) >= 11 is 0. The lowest BCUT2D eigenvalue weighted by molar-refractivity contribution is -0.124. The number of hydrogen-bond acceptors (Lipinski definition) is 5. The van der Waals surface area contributed by atoms with Crippen LogP contribution in [0.4, 0.5) is 0 Å². The molecule has 112 valence electrons. The number of carbonyl (C=O) groups is 1. The lowest BCUT2D eigenvalue weighted by Crippen LogP contribution is -2.35. The molecule has 1 aromatic rings. The molecule has 1 N–H and O–H groups in total. The maximum absolute atomic E-state index is 12.0. The van der Waals surface area contributed by atoms with Crippen molar-refractivity contribution < 1.29 is 9.53 Å². The Hall–Kier alpha value is -1.47. The van der Waals surface area contributed by atoms with Gasteiger partial charge in [-0.2, -0.15) is 0 Å². The van der Waals surface area contributed by atoms with Gasteiger partial charge in [0.15, 0.2) is 0 Å². The average molecular weight is 281 g/mol. The van der Waals surface area contributed by atoms with Crippen LogP contribution in [0.5, 0.6) is 0 Å². The monoisotopic (exact) mass is 281 g/mol. The normalized spacial score (nSPS) is 19.4. The van der Waals surface area contributed by atoms with Crippen molar-refractivity contribution >= 4 is 5.91 Å². The van der Waals surface area contributed by atoms with Gasteiger partial charge in [-0.3, -0.25) is 9.48 Å². The van der Waals surface area contributed by atoms with Gasteiger partial charge in [0, 0.05) is 32.9 Å². The molecule has 1 aliphatic heterocycles. The maximum Gasteiger partial charge on any atom is 0.224 e. The SMILES string of the molecule is COCCN1CCC(C(=O)NCCn2cc(C)nn2)C1. The van der Waals surface area contributed by atoms with Crippen LogP contribution in [0.25, 0.3) is 0 Å². The first kappa shape index (κ1) is 14.9. The second kappa shape index (κ2) is 7.35. The van der Waals surface area contributed by atoms with Crippen molar-refractivity contribution in [3.63, 3.8) is 0 Å². The van der Waals surface area contributed by atoms with Crippen LogP contribution in [0.15, 0.2) is 6.20 Å². The third-order valence-electron chi connectivity index (χ3n) is 3.55. The molecule has 0 bridgehead atoms. The third kappa shape index (κ3) is 4.28. The average Bonchev–Trinajstić information content (AvgIpc) is 3.05. The highest BCUT2D eigenvalue weighted by Crippen LogP contribution is 2.15. The van der Waals surface area contributed by atoms with Crippen molar-refractivity contribution in [1.29, 1.82) is 0 Å². The molecule has 1 aliphatic rings. The van der Waals surface area contributed by atoms with E-state index in [-0.39, 0.29) is 11.8 Å². The molecule has 2 rings (SSSR count). The lowest BCUT2D eigenvalue weighted by atomic mass is 10.1. The minimum Gasteiger partial charge on any atom is -0.383 e. The molecule has 0 saturated carbocycles. The minimum absolute atomic E-state index is 0.101. The Morgan fingerprint density at radius 1 is 1.55 bits per heavy atom. The first-order valence-electron chi connectivity index (χ1n) is 7.05. The molecule has 0 aliphatic carbocycles. The Bertz CT molecular complexity index is 434. The van der Waals surface area contributed by atoms with Gasteiger partial charge in [0.1, 0.15) is 0 Å². The summed E-state index contributed by atoms with van der Waals surface area (Å²) in [5.41, 5.74) is 0.890. The summed E-state index contributed by atoms with van der Waals surface area (Å²) in [5, 5.41) is 10.8. The zero-order valence-corrected chi connectivity index (χ0v) is 12.2. The second-order valence-corrected chi connectivity index (χ2v) is 5.19. The molecule has 1 unspecified atom stereocenters. The van der Waals surface area contributed by atoms with E-state index in [0.717, 1.165) is 38.4 Å². The number of carbonyl (C=O) groups excluding carboxylic acids is 1. The number of hydrogen-bond donors (Lipinski definition) is 1. The van der Waals surface area contributed by atoms with E-state index in [2.05, 4.69) is 20.5 Å². The molecule has 20 heavy (non-hydrogen) atoms. The number of methoxy groups -OCH3 is 1. The highest BCUT2D eigenvalue weighted by atomic mass is 16.5. The predicted octanol–water partition coefficient (Wildman–Crippen LogP) is -0.329. The molecule has 7 heteroatoms. The van der Waals surface area contributed by atoms with Crippen molar-refractivity contribution in [3.05, 3.63) is 11.9 Å². The lowest BCUT2D eigenvalue weighted by Gasteiger charge is -2.15. The molecule has 0 radical (unpaired) electrons. The van der Waals surface area contributed by atoms with Crippen LogP contribution in [-0.4, -0.2) is 65.7 Å². The topological polar surface area (TPSA) is 72.3 Å². The molecule has 0 spiro atoms. The smallest absolute Gasteiger partial charge is 0.224 e. The van der Waals surface area contributed by atoms with Crippen LogP contribution >= 0.6 is 0 Å². The van der Waals surface area contributed by atoms with E-state index < -0.39 is 0 Å². The molecule has 0 aromatic carbocycles. The number of ether oxygens (including phenoxy) is 1. The van der Waals surface area contributed by atoms with Gasteiger partial charge in [-0.15, -0.1) is 5.10 Å². The van der Waals surface area contributed by atoms with Crippen LogP contribution < -0.4 is 5.32 Å². The van der Waals surface area contributed by atoms with Crippen LogP contribution in [-0.2, 0) is 16.1 Å². The van der Waals surface area contributed by atoms with Crippen LogP contribution in [0, 0.1) is 12.8 Å². The molecular weight excluding hydrogens is 258 g/mol. The van der Waals surface area contributed by atoms with Crippen LogP contribution in [0.3, 0.4) is 0 Å². The van der Waals surface area contributed by atoms with Gasteiger partial charge < -0.3 is 15.0 Å². The highest BCUT2D eigenvalue weighted by molar-refractivity contribution is 5.79. The Morgan fingerprint density at radius 2 is 2.40 bits per heavy atom. The summed E-state index contributed by atoms with van der Waals surface area (Å²) < 4.78 is 6.80. The number of nitrogens with zero attached hydrogens (tertiary/aromatic N) is 4. The van der Waals surface area contributed by atoms with Gasteiger partial charge in [0.2, 0.25) is 5.91 Å². The van der Waals surface area contributed by atoms with Crippen molar-refractivity contribution in [1.82, 2.24) is 25.2 Å². The number of rotatable bonds is 7. The predicted molar refractivity (Wildman–Crippen MR) is 74.2 cm³/mol. The van der Waals surface area contributed by atoms with E-state index in [4.69, 9.17) is 4.74 Å². The quantitative estimate of drug-likeness (QED) is 0.741. The Kier molecular flexibility index (Phi) is 5.49. The highest BCUT2D eigenvalue weighted by Gasteiger charge is 2.27. The number of aryl methyl sites for hydroxylation is 1. The second-order valence-electron chi connectivity index (χ2n) is 5.19. The van der Waals surface area contributed by atoms with Crippen molar-refractivity contribution in [2.75, 3.05) is 39.9 Å². The van der Waals surface area contributed by atoms with Gasteiger partial charge >= 0.3 is 0 Å². The van der Waals surface area contributed by atoms with E-state index in [1.165, 1.54) is 0 Å². The molecule has 2 heterocycles. The fourth-order valence-corrected chi connectivity index (χ4v) is 2.41. The Morgan fingerprint density at radius 3 is 3.10 bits per heavy atom. The zero-order valence-electron chi connectivity index (χ0n) is 12.2. The van der Waals surface area contributed by atoms with Crippen molar-refractivity contribution in [3.8, 4) is 0 Å². The molecular formula is C13H23N5O2. The van der Waals surface area contributed by atoms with Gasteiger partial charge in [-0.05, 0) is 19.9 Å². The summed E-state index contributed by atoms with van der Waals surface area (Å²) in [7, 11) is 1.70. The van der Waals surface area contributed by atoms with E-state index in [1.807, 2.05) is 13.1 Å². The number of aromatic nitrogens is 3. The van der Waals surface area contributed by atoms with Gasteiger partial charge in [0.05, 0.1) is 24.8 Å².